The average molecular weight is 143 g/mol. The smallest absolute Gasteiger partial charge is 0.0509 e. The lowest BCUT2D eigenvalue weighted by Crippen LogP contribution is -2.40. The van der Waals surface area contributed by atoms with Crippen LogP contribution in [0.4, 0.5) is 0 Å². The molecule has 0 aliphatic carbocycles. The second-order valence-corrected chi connectivity index (χ2v) is 2.93. The van der Waals surface area contributed by atoms with Gasteiger partial charge in [0.1, 0.15) is 0 Å². The zero-order valence-corrected chi connectivity index (χ0v) is 6.89. The molecular weight excluding hydrogens is 126 g/mol. The zero-order chi connectivity index (χ0) is 7.40. The highest BCUT2D eigenvalue weighted by Crippen LogP contribution is 2.16. The van der Waals surface area contributed by atoms with Crippen LogP contribution >= 0.6 is 0 Å². The molecule has 2 heteroatoms. The molecular formula is C8H17NO. The molecule has 0 spiro atoms. The van der Waals surface area contributed by atoms with Crippen LogP contribution in [-0.2, 0) is 4.74 Å². The van der Waals surface area contributed by atoms with Crippen LogP contribution in [-0.4, -0.2) is 26.3 Å². The summed E-state index contributed by atoms with van der Waals surface area (Å²) in [5, 5.41) is 3.32. The Morgan fingerprint density at radius 2 is 2.40 bits per heavy atom. The minimum absolute atomic E-state index is 0.693. The highest BCUT2D eigenvalue weighted by atomic mass is 16.5. The molecule has 2 atom stereocenters. The predicted octanol–water partition coefficient (Wildman–Crippen LogP) is 1.02. The van der Waals surface area contributed by atoms with Crippen LogP contribution < -0.4 is 5.32 Å². The fraction of sp³-hybridized carbons (Fsp3) is 1.00. The molecule has 0 aromatic heterocycles. The molecule has 1 heterocycles. The van der Waals surface area contributed by atoms with Crippen molar-refractivity contribution in [3.05, 3.63) is 0 Å². The SMILES string of the molecule is CCC1COCCC1NC. The lowest BCUT2D eigenvalue weighted by Gasteiger charge is -2.30. The quantitative estimate of drug-likeness (QED) is 0.623. The molecule has 2 nitrogen and oxygen atoms in total. The van der Waals surface area contributed by atoms with Gasteiger partial charge >= 0.3 is 0 Å². The fourth-order valence-electron chi connectivity index (χ4n) is 1.58. The number of rotatable bonds is 2. The molecule has 1 rings (SSSR count). The summed E-state index contributed by atoms with van der Waals surface area (Å²) < 4.78 is 5.37. The molecule has 0 radical (unpaired) electrons. The molecule has 0 amide bonds. The van der Waals surface area contributed by atoms with Crippen molar-refractivity contribution in [1.82, 2.24) is 5.32 Å². The van der Waals surface area contributed by atoms with Gasteiger partial charge in [-0.05, 0) is 25.8 Å². The summed E-state index contributed by atoms with van der Waals surface area (Å²) in [7, 11) is 2.04. The first-order chi connectivity index (χ1) is 4.88. The van der Waals surface area contributed by atoms with Gasteiger partial charge < -0.3 is 10.1 Å². The maximum atomic E-state index is 5.37. The Morgan fingerprint density at radius 1 is 1.60 bits per heavy atom. The van der Waals surface area contributed by atoms with Crippen LogP contribution in [0.1, 0.15) is 19.8 Å². The number of nitrogens with one attached hydrogen (secondary N) is 1. The highest BCUT2D eigenvalue weighted by molar-refractivity contribution is 4.76. The molecule has 1 saturated heterocycles. The Balaban J connectivity index is 2.34. The van der Waals surface area contributed by atoms with Gasteiger partial charge in [0.2, 0.25) is 0 Å². The van der Waals surface area contributed by atoms with Gasteiger partial charge in [0, 0.05) is 12.6 Å². The maximum absolute atomic E-state index is 5.37. The van der Waals surface area contributed by atoms with E-state index in [0.29, 0.717) is 6.04 Å². The lowest BCUT2D eigenvalue weighted by atomic mass is 9.94. The Kier molecular flexibility index (Phi) is 3.16. The summed E-state index contributed by atoms with van der Waals surface area (Å²) in [6.45, 7) is 4.10. The van der Waals surface area contributed by atoms with Crippen LogP contribution in [0.5, 0.6) is 0 Å². The van der Waals surface area contributed by atoms with E-state index in [0.717, 1.165) is 19.1 Å². The van der Waals surface area contributed by atoms with E-state index in [4.69, 9.17) is 4.74 Å². The highest BCUT2D eigenvalue weighted by Gasteiger charge is 2.21. The van der Waals surface area contributed by atoms with Gasteiger partial charge in [-0.1, -0.05) is 6.92 Å². The minimum Gasteiger partial charge on any atom is -0.381 e. The molecule has 0 aromatic rings. The zero-order valence-electron chi connectivity index (χ0n) is 6.89. The molecule has 2 unspecified atom stereocenters. The Bertz CT molecular complexity index is 83.3. The molecule has 0 saturated carbocycles. The summed E-state index contributed by atoms with van der Waals surface area (Å²) in [6.07, 6.45) is 2.40. The molecule has 60 valence electrons. The van der Waals surface area contributed by atoms with E-state index in [1.165, 1.54) is 12.8 Å². The topological polar surface area (TPSA) is 21.3 Å². The molecule has 10 heavy (non-hydrogen) atoms. The normalized spacial score (nSPS) is 34.2. The van der Waals surface area contributed by atoms with Crippen molar-refractivity contribution < 1.29 is 4.74 Å². The Hall–Kier alpha value is -0.0800. The Morgan fingerprint density at radius 3 is 2.90 bits per heavy atom. The van der Waals surface area contributed by atoms with Gasteiger partial charge in [0.25, 0.3) is 0 Å². The van der Waals surface area contributed by atoms with Crippen molar-refractivity contribution in [2.75, 3.05) is 20.3 Å². The third-order valence-electron chi connectivity index (χ3n) is 2.37. The van der Waals surface area contributed by atoms with Crippen molar-refractivity contribution >= 4 is 0 Å². The van der Waals surface area contributed by atoms with Crippen LogP contribution in [0.2, 0.25) is 0 Å². The summed E-state index contributed by atoms with van der Waals surface area (Å²) >= 11 is 0. The molecule has 0 aromatic carbocycles. The Labute approximate surface area is 63.0 Å². The van der Waals surface area contributed by atoms with E-state index in [9.17, 15) is 0 Å². The first-order valence-corrected chi connectivity index (χ1v) is 4.13. The van der Waals surface area contributed by atoms with Crippen molar-refractivity contribution in [1.29, 1.82) is 0 Å². The first-order valence-electron chi connectivity index (χ1n) is 4.13. The molecule has 1 fully saturated rings. The number of hydrogen-bond donors (Lipinski definition) is 1. The van der Waals surface area contributed by atoms with Crippen LogP contribution in [0.3, 0.4) is 0 Å². The third kappa shape index (κ3) is 1.70. The van der Waals surface area contributed by atoms with Crippen LogP contribution in [0.15, 0.2) is 0 Å². The van der Waals surface area contributed by atoms with Crippen molar-refractivity contribution in [2.45, 2.75) is 25.8 Å². The van der Waals surface area contributed by atoms with Crippen molar-refractivity contribution in [3.8, 4) is 0 Å². The summed E-state index contributed by atoms with van der Waals surface area (Å²) in [6, 6.07) is 0.693. The first kappa shape index (κ1) is 8.02. The molecule has 1 aliphatic rings. The van der Waals surface area contributed by atoms with E-state index in [1.807, 2.05) is 7.05 Å². The van der Waals surface area contributed by atoms with E-state index < -0.39 is 0 Å². The van der Waals surface area contributed by atoms with Gasteiger partial charge in [-0.3, -0.25) is 0 Å². The van der Waals surface area contributed by atoms with Crippen molar-refractivity contribution in [3.63, 3.8) is 0 Å². The average Bonchev–Trinajstić information content (AvgIpc) is 2.04. The lowest BCUT2D eigenvalue weighted by molar-refractivity contribution is 0.0327. The largest absolute Gasteiger partial charge is 0.381 e. The minimum atomic E-state index is 0.693. The second-order valence-electron chi connectivity index (χ2n) is 2.93. The van der Waals surface area contributed by atoms with Gasteiger partial charge in [-0.25, -0.2) is 0 Å². The van der Waals surface area contributed by atoms with E-state index >= 15 is 0 Å². The molecule has 1 aliphatic heterocycles. The summed E-state index contributed by atoms with van der Waals surface area (Å²) in [4.78, 5) is 0. The van der Waals surface area contributed by atoms with Gasteiger partial charge in [0.15, 0.2) is 0 Å². The predicted molar refractivity (Wildman–Crippen MR) is 42.1 cm³/mol. The van der Waals surface area contributed by atoms with Gasteiger partial charge in [-0.15, -0.1) is 0 Å². The second kappa shape index (κ2) is 3.94. The summed E-state index contributed by atoms with van der Waals surface area (Å²) in [5.41, 5.74) is 0. The van der Waals surface area contributed by atoms with Gasteiger partial charge in [-0.2, -0.15) is 0 Å². The number of hydrogen-bond acceptors (Lipinski definition) is 2. The van der Waals surface area contributed by atoms with E-state index in [2.05, 4.69) is 12.2 Å². The van der Waals surface area contributed by atoms with E-state index in [1.54, 1.807) is 0 Å². The van der Waals surface area contributed by atoms with Crippen LogP contribution in [0, 0.1) is 5.92 Å². The van der Waals surface area contributed by atoms with Crippen LogP contribution in [0.25, 0.3) is 0 Å². The monoisotopic (exact) mass is 143 g/mol. The van der Waals surface area contributed by atoms with Gasteiger partial charge in [0.05, 0.1) is 6.61 Å². The molecule has 1 N–H and O–H groups in total. The standard InChI is InChI=1S/C8H17NO/c1-3-7-6-10-5-4-8(7)9-2/h7-9H,3-6H2,1-2H3. The third-order valence-corrected chi connectivity index (χ3v) is 2.37. The number of ether oxygens (including phenoxy) is 1. The van der Waals surface area contributed by atoms with E-state index in [-0.39, 0.29) is 0 Å². The molecule has 0 bridgehead atoms. The maximum Gasteiger partial charge on any atom is 0.0509 e. The summed E-state index contributed by atoms with van der Waals surface area (Å²) in [5.74, 6) is 0.735. The van der Waals surface area contributed by atoms with Crippen molar-refractivity contribution in [2.24, 2.45) is 5.92 Å². The fourth-order valence-corrected chi connectivity index (χ4v) is 1.58.